The summed E-state index contributed by atoms with van der Waals surface area (Å²) in [6.45, 7) is 2.57. The van der Waals surface area contributed by atoms with Crippen LogP contribution in [-0.4, -0.2) is 33.4 Å². The summed E-state index contributed by atoms with van der Waals surface area (Å²) in [7, 11) is 0. The number of aromatic nitrogens is 1. The number of nitrogens with one attached hydrogen (secondary N) is 2. The van der Waals surface area contributed by atoms with Crippen LogP contribution < -0.4 is 20.9 Å². The maximum absolute atomic E-state index is 13.0. The molecule has 0 aliphatic heterocycles. The number of carbonyl (C=O) groups is 2. The second kappa shape index (κ2) is 12.9. The number of carboxylic acid groups (broad SMARTS) is 1. The number of nitrogens with zero attached hydrogens (tertiary/aromatic N) is 1. The third-order valence-electron chi connectivity index (χ3n) is 6.16. The summed E-state index contributed by atoms with van der Waals surface area (Å²) in [6, 6.07) is 21.2. The average molecular weight is 562 g/mol. The molecule has 1 atom stereocenters. The number of aromatic hydroxyl groups is 1. The number of carboxylic acids is 1. The number of benzene rings is 3. The Hall–Kier alpha value is -4.76. The standard InChI is InChI=1S/C30H28ClN3O6/c1-2-40-23-8-5-7-21(16-23)19-10-12-20(13-11-19)25(17-27(36)37)32-30(39)33-28-26(35)14-15-34(29(28)38)18-22-6-3-4-9-24(22)31/h3-16,25,35H,2,17-18H2,1H3,(H,36,37)(H2,32,33,39)/t25-/m0/s1. The van der Waals surface area contributed by atoms with Crippen molar-refractivity contribution < 1.29 is 24.5 Å². The maximum Gasteiger partial charge on any atom is 0.319 e. The van der Waals surface area contributed by atoms with Gasteiger partial charge in [0.2, 0.25) is 0 Å². The molecule has 0 fully saturated rings. The van der Waals surface area contributed by atoms with E-state index < -0.39 is 35.8 Å². The fourth-order valence-electron chi connectivity index (χ4n) is 4.19. The number of aliphatic carboxylic acids is 1. The highest BCUT2D eigenvalue weighted by atomic mass is 35.5. The van der Waals surface area contributed by atoms with Gasteiger partial charge in [-0.15, -0.1) is 0 Å². The first-order valence-corrected chi connectivity index (χ1v) is 12.9. The van der Waals surface area contributed by atoms with Crippen LogP contribution >= 0.6 is 11.6 Å². The van der Waals surface area contributed by atoms with Crippen molar-refractivity contribution >= 4 is 29.3 Å². The highest BCUT2D eigenvalue weighted by molar-refractivity contribution is 6.31. The van der Waals surface area contributed by atoms with Crippen LogP contribution in [0.5, 0.6) is 11.5 Å². The molecule has 1 heterocycles. The topological polar surface area (TPSA) is 130 Å². The van der Waals surface area contributed by atoms with Crippen molar-refractivity contribution in [2.24, 2.45) is 0 Å². The molecule has 10 heteroatoms. The lowest BCUT2D eigenvalue weighted by atomic mass is 9.99. The molecule has 0 bridgehead atoms. The number of anilines is 1. The minimum atomic E-state index is -1.12. The van der Waals surface area contributed by atoms with Crippen molar-refractivity contribution in [2.45, 2.75) is 25.9 Å². The van der Waals surface area contributed by atoms with E-state index in [1.165, 1.54) is 16.8 Å². The Balaban J connectivity index is 1.52. The molecule has 0 aliphatic carbocycles. The number of urea groups is 1. The predicted molar refractivity (Wildman–Crippen MR) is 153 cm³/mol. The van der Waals surface area contributed by atoms with Crippen LogP contribution in [0.4, 0.5) is 10.5 Å². The molecule has 4 aromatic rings. The van der Waals surface area contributed by atoms with E-state index >= 15 is 0 Å². The van der Waals surface area contributed by atoms with E-state index in [1.807, 2.05) is 43.3 Å². The van der Waals surface area contributed by atoms with Crippen molar-refractivity contribution in [3.63, 3.8) is 0 Å². The zero-order valence-electron chi connectivity index (χ0n) is 21.6. The Kier molecular flexibility index (Phi) is 9.08. The average Bonchev–Trinajstić information content (AvgIpc) is 2.93. The van der Waals surface area contributed by atoms with Gasteiger partial charge >= 0.3 is 12.0 Å². The van der Waals surface area contributed by atoms with Gasteiger partial charge in [0.15, 0.2) is 5.69 Å². The van der Waals surface area contributed by atoms with E-state index in [1.54, 1.807) is 36.4 Å². The number of amides is 2. The van der Waals surface area contributed by atoms with Gasteiger partial charge in [0.05, 0.1) is 25.6 Å². The molecule has 2 amide bonds. The number of rotatable bonds is 10. The number of pyridine rings is 1. The van der Waals surface area contributed by atoms with Crippen molar-refractivity contribution in [3.8, 4) is 22.6 Å². The van der Waals surface area contributed by atoms with Gasteiger partial charge in [0.25, 0.3) is 5.56 Å². The smallest absolute Gasteiger partial charge is 0.319 e. The molecule has 0 aliphatic rings. The second-order valence-electron chi connectivity index (χ2n) is 8.93. The minimum Gasteiger partial charge on any atom is -0.505 e. The fraction of sp³-hybridized carbons (Fsp3) is 0.167. The minimum absolute atomic E-state index is 0.122. The van der Waals surface area contributed by atoms with Gasteiger partial charge in [-0.05, 0) is 53.4 Å². The maximum atomic E-state index is 13.0. The SMILES string of the molecule is CCOc1cccc(-c2ccc([C@H](CC(=O)O)NC(=O)Nc3c(O)ccn(Cc4ccccc4Cl)c3=O)cc2)c1. The van der Waals surface area contributed by atoms with Gasteiger partial charge in [-0.1, -0.05) is 66.2 Å². The third-order valence-corrected chi connectivity index (χ3v) is 6.52. The quantitative estimate of drug-likeness (QED) is 0.198. The third kappa shape index (κ3) is 7.00. The molecule has 0 unspecified atom stereocenters. The molecule has 3 aromatic carbocycles. The lowest BCUT2D eigenvalue weighted by Gasteiger charge is -2.19. The zero-order valence-corrected chi connectivity index (χ0v) is 22.4. The fourth-order valence-corrected chi connectivity index (χ4v) is 4.39. The van der Waals surface area contributed by atoms with Crippen LogP contribution in [0.25, 0.3) is 11.1 Å². The summed E-state index contributed by atoms with van der Waals surface area (Å²) < 4.78 is 6.85. The van der Waals surface area contributed by atoms with Crippen molar-refractivity contribution in [3.05, 3.63) is 112 Å². The first kappa shape index (κ1) is 28.3. The van der Waals surface area contributed by atoms with E-state index in [9.17, 15) is 24.6 Å². The molecule has 4 rings (SSSR count). The summed E-state index contributed by atoms with van der Waals surface area (Å²) in [5.41, 5.74) is 2.05. The van der Waals surface area contributed by atoms with E-state index in [4.69, 9.17) is 16.3 Å². The summed E-state index contributed by atoms with van der Waals surface area (Å²) in [4.78, 5) is 37.5. The van der Waals surface area contributed by atoms with Crippen molar-refractivity contribution in [1.82, 2.24) is 9.88 Å². The van der Waals surface area contributed by atoms with Gasteiger partial charge in [0, 0.05) is 11.2 Å². The van der Waals surface area contributed by atoms with Gasteiger partial charge in [-0.2, -0.15) is 0 Å². The number of hydrogen-bond acceptors (Lipinski definition) is 5. The molecule has 0 spiro atoms. The van der Waals surface area contributed by atoms with Gasteiger partial charge in [0.1, 0.15) is 11.5 Å². The molecule has 206 valence electrons. The Bertz CT molecular complexity index is 1570. The molecule has 9 nitrogen and oxygen atoms in total. The monoisotopic (exact) mass is 561 g/mol. The van der Waals surface area contributed by atoms with E-state index in [-0.39, 0.29) is 12.2 Å². The molecular formula is C30H28ClN3O6. The molecule has 4 N–H and O–H groups in total. The van der Waals surface area contributed by atoms with Crippen molar-refractivity contribution in [1.29, 1.82) is 0 Å². The molecule has 0 saturated carbocycles. The van der Waals surface area contributed by atoms with Crippen LogP contribution in [0.1, 0.15) is 30.5 Å². The Labute approximate surface area is 235 Å². The van der Waals surface area contributed by atoms with Crippen LogP contribution in [0.2, 0.25) is 5.02 Å². The summed E-state index contributed by atoms with van der Waals surface area (Å²) in [6.07, 6.45) is 0.993. The van der Waals surface area contributed by atoms with Gasteiger partial charge < -0.3 is 30.2 Å². The lowest BCUT2D eigenvalue weighted by Crippen LogP contribution is -2.36. The zero-order chi connectivity index (χ0) is 28.6. The Morgan fingerprint density at radius 1 is 1.00 bits per heavy atom. The molecule has 0 radical (unpaired) electrons. The van der Waals surface area contributed by atoms with E-state index in [0.717, 1.165) is 16.9 Å². The molecular weight excluding hydrogens is 534 g/mol. The normalized spacial score (nSPS) is 11.4. The highest BCUT2D eigenvalue weighted by Gasteiger charge is 2.20. The molecule has 0 saturated heterocycles. The second-order valence-corrected chi connectivity index (χ2v) is 9.34. The number of carbonyl (C=O) groups excluding carboxylic acids is 1. The highest BCUT2D eigenvalue weighted by Crippen LogP contribution is 2.27. The van der Waals surface area contributed by atoms with Gasteiger partial charge in [-0.25, -0.2) is 4.79 Å². The van der Waals surface area contributed by atoms with E-state index in [0.29, 0.717) is 22.8 Å². The first-order chi connectivity index (χ1) is 19.2. The molecule has 1 aromatic heterocycles. The van der Waals surface area contributed by atoms with Gasteiger partial charge in [-0.3, -0.25) is 9.59 Å². The number of halogens is 1. The number of ether oxygens (including phenoxy) is 1. The predicted octanol–water partition coefficient (Wildman–Crippen LogP) is 5.66. The Morgan fingerprint density at radius 3 is 2.45 bits per heavy atom. The van der Waals surface area contributed by atoms with Crippen LogP contribution in [0.15, 0.2) is 89.9 Å². The summed E-state index contributed by atoms with van der Waals surface area (Å²) >= 11 is 6.20. The molecule has 40 heavy (non-hydrogen) atoms. The number of hydrogen-bond donors (Lipinski definition) is 4. The van der Waals surface area contributed by atoms with E-state index in [2.05, 4.69) is 10.6 Å². The van der Waals surface area contributed by atoms with Crippen molar-refractivity contribution in [2.75, 3.05) is 11.9 Å². The van der Waals surface area contributed by atoms with Crippen LogP contribution in [0, 0.1) is 0 Å². The largest absolute Gasteiger partial charge is 0.505 e. The summed E-state index contributed by atoms with van der Waals surface area (Å²) in [5.74, 6) is -0.811. The Morgan fingerprint density at radius 2 is 1.75 bits per heavy atom. The van der Waals surface area contributed by atoms with Crippen LogP contribution in [-0.2, 0) is 11.3 Å². The lowest BCUT2D eigenvalue weighted by molar-refractivity contribution is -0.137. The van der Waals surface area contributed by atoms with Crippen LogP contribution in [0.3, 0.4) is 0 Å². The first-order valence-electron chi connectivity index (χ1n) is 12.5. The summed E-state index contributed by atoms with van der Waals surface area (Å²) in [5, 5.41) is 25.2.